The fourth-order valence-electron chi connectivity index (χ4n) is 1.63. The molecule has 20 heavy (non-hydrogen) atoms. The van der Waals surface area contributed by atoms with E-state index in [9.17, 15) is 0 Å². The van der Waals surface area contributed by atoms with Crippen molar-refractivity contribution in [1.82, 2.24) is 30.2 Å². The Morgan fingerprint density at radius 3 is 3.10 bits per heavy atom. The lowest BCUT2D eigenvalue weighted by Crippen LogP contribution is -2.05. The van der Waals surface area contributed by atoms with Gasteiger partial charge in [0.2, 0.25) is 11.1 Å². The molecule has 0 spiro atoms. The number of nitrogens with zero attached hydrogens (tertiary/aromatic N) is 6. The predicted octanol–water partition coefficient (Wildman–Crippen LogP) is 2.53. The average Bonchev–Trinajstić information content (AvgIpc) is 3.20. The minimum Gasteiger partial charge on any atom is -0.354 e. The molecule has 2 heterocycles. The maximum atomic E-state index is 4.49. The van der Waals surface area contributed by atoms with Crippen LogP contribution in [0.2, 0.25) is 0 Å². The lowest BCUT2D eigenvalue weighted by atomic mass is 10.5. The lowest BCUT2D eigenvalue weighted by molar-refractivity contribution is 0.565. The summed E-state index contributed by atoms with van der Waals surface area (Å²) in [5, 5.41) is 16.6. The summed E-state index contributed by atoms with van der Waals surface area (Å²) < 4.78 is 2.72. The minimum atomic E-state index is 0.450. The van der Waals surface area contributed by atoms with Gasteiger partial charge in [-0.15, -0.1) is 5.10 Å². The van der Waals surface area contributed by atoms with E-state index in [0.29, 0.717) is 12.0 Å². The highest BCUT2D eigenvalue weighted by Gasteiger charge is 2.28. The third-order valence-corrected chi connectivity index (χ3v) is 4.59. The molecule has 0 bridgehead atoms. The number of hydrogen-bond acceptors (Lipinski definition) is 7. The van der Waals surface area contributed by atoms with Crippen molar-refractivity contribution in [2.45, 2.75) is 42.4 Å². The number of hydrogen-bond donors (Lipinski definition) is 1. The Balaban J connectivity index is 1.80. The number of rotatable bonds is 6. The number of tetrazole rings is 1. The Morgan fingerprint density at radius 2 is 2.35 bits per heavy atom. The van der Waals surface area contributed by atoms with E-state index < -0.39 is 0 Å². The van der Waals surface area contributed by atoms with Crippen LogP contribution in [-0.2, 0) is 0 Å². The Labute approximate surface area is 129 Å². The zero-order valence-electron chi connectivity index (χ0n) is 11.0. The lowest BCUT2D eigenvalue weighted by Gasteiger charge is -2.07. The fraction of sp³-hybridized carbons (Fsp3) is 0.545. The van der Waals surface area contributed by atoms with Gasteiger partial charge in [-0.05, 0) is 57.4 Å². The van der Waals surface area contributed by atoms with Crippen LogP contribution in [0.3, 0.4) is 0 Å². The molecule has 0 aromatic carbocycles. The Bertz CT molecular complexity index is 598. The average molecular weight is 356 g/mol. The second-order valence-electron chi connectivity index (χ2n) is 4.51. The summed E-state index contributed by atoms with van der Waals surface area (Å²) >= 11 is 4.92. The number of halogens is 1. The van der Waals surface area contributed by atoms with Crippen LogP contribution in [0.15, 0.2) is 20.9 Å². The molecule has 106 valence electrons. The first-order valence-corrected chi connectivity index (χ1v) is 8.11. The molecule has 2 aromatic rings. The van der Waals surface area contributed by atoms with E-state index in [1.807, 2.05) is 4.68 Å². The van der Waals surface area contributed by atoms with Crippen molar-refractivity contribution in [2.24, 2.45) is 0 Å². The summed E-state index contributed by atoms with van der Waals surface area (Å²) in [7, 11) is 0. The van der Waals surface area contributed by atoms with Crippen LogP contribution in [-0.4, -0.2) is 36.7 Å². The first-order chi connectivity index (χ1) is 9.78. The van der Waals surface area contributed by atoms with E-state index in [1.165, 1.54) is 11.8 Å². The van der Waals surface area contributed by atoms with E-state index in [2.05, 4.69) is 53.7 Å². The van der Waals surface area contributed by atoms with Gasteiger partial charge in [0.15, 0.2) is 0 Å². The second kappa shape index (κ2) is 6.04. The Kier molecular flexibility index (Phi) is 4.16. The van der Waals surface area contributed by atoms with Crippen LogP contribution in [0.5, 0.6) is 0 Å². The molecule has 1 aliphatic carbocycles. The quantitative estimate of drug-likeness (QED) is 0.797. The summed E-state index contributed by atoms with van der Waals surface area (Å²) in [5.41, 5.74) is 0. The summed E-state index contributed by atoms with van der Waals surface area (Å²) in [6.07, 6.45) is 5.07. The van der Waals surface area contributed by atoms with Crippen LogP contribution in [0.25, 0.3) is 0 Å². The van der Waals surface area contributed by atoms with Gasteiger partial charge >= 0.3 is 0 Å². The summed E-state index contributed by atoms with van der Waals surface area (Å²) in [6.45, 7) is 2.96. The van der Waals surface area contributed by atoms with Gasteiger partial charge in [-0.25, -0.2) is 14.6 Å². The maximum absolute atomic E-state index is 4.49. The van der Waals surface area contributed by atoms with Crippen molar-refractivity contribution in [2.75, 3.05) is 11.9 Å². The molecule has 1 N–H and O–H groups in total. The van der Waals surface area contributed by atoms with Gasteiger partial charge in [0.1, 0.15) is 5.03 Å². The van der Waals surface area contributed by atoms with Gasteiger partial charge in [0, 0.05) is 12.7 Å². The zero-order valence-corrected chi connectivity index (χ0v) is 13.4. The molecule has 9 heteroatoms. The first kappa shape index (κ1) is 13.7. The SMILES string of the molecule is CCCNc1ncc(Br)c(Sc2nnnn2C2CC2)n1. The van der Waals surface area contributed by atoms with Gasteiger partial charge in [0.25, 0.3) is 0 Å². The normalized spacial score (nSPS) is 14.5. The minimum absolute atomic E-state index is 0.450. The van der Waals surface area contributed by atoms with Gasteiger partial charge in [0.05, 0.1) is 10.5 Å². The zero-order chi connectivity index (χ0) is 13.9. The van der Waals surface area contributed by atoms with Crippen molar-refractivity contribution in [3.63, 3.8) is 0 Å². The standard InChI is InChI=1S/C11H14BrN7S/c1-2-5-13-10-14-6-8(12)9(15-10)20-11-16-17-18-19(11)7-3-4-7/h6-7H,2-5H2,1H3,(H,13,14,15). The van der Waals surface area contributed by atoms with Gasteiger partial charge < -0.3 is 5.32 Å². The van der Waals surface area contributed by atoms with E-state index in [4.69, 9.17) is 0 Å². The molecule has 0 saturated heterocycles. The summed E-state index contributed by atoms with van der Waals surface area (Å²) in [5.74, 6) is 0.628. The van der Waals surface area contributed by atoms with Crippen molar-refractivity contribution in [1.29, 1.82) is 0 Å². The molecule has 1 saturated carbocycles. The Morgan fingerprint density at radius 1 is 1.50 bits per heavy atom. The molecular formula is C11H14BrN7S. The van der Waals surface area contributed by atoms with Crippen LogP contribution in [0, 0.1) is 0 Å². The number of aromatic nitrogens is 6. The highest BCUT2D eigenvalue weighted by atomic mass is 79.9. The van der Waals surface area contributed by atoms with Crippen molar-refractivity contribution in [3.8, 4) is 0 Å². The molecule has 1 fully saturated rings. The molecule has 0 radical (unpaired) electrons. The predicted molar refractivity (Wildman–Crippen MR) is 78.7 cm³/mol. The molecule has 0 amide bonds. The smallest absolute Gasteiger partial charge is 0.223 e. The highest BCUT2D eigenvalue weighted by molar-refractivity contribution is 9.10. The number of anilines is 1. The highest BCUT2D eigenvalue weighted by Crippen LogP contribution is 2.38. The van der Waals surface area contributed by atoms with Crippen LogP contribution in [0.4, 0.5) is 5.95 Å². The fourth-order valence-corrected chi connectivity index (χ4v) is 2.88. The second-order valence-corrected chi connectivity index (χ2v) is 6.32. The van der Waals surface area contributed by atoms with E-state index in [0.717, 1.165) is 40.5 Å². The first-order valence-electron chi connectivity index (χ1n) is 6.50. The topological polar surface area (TPSA) is 81.4 Å². The third kappa shape index (κ3) is 3.09. The molecule has 0 unspecified atom stereocenters. The molecule has 1 aliphatic rings. The van der Waals surface area contributed by atoms with E-state index >= 15 is 0 Å². The van der Waals surface area contributed by atoms with E-state index in [1.54, 1.807) is 6.20 Å². The number of nitrogens with one attached hydrogen (secondary N) is 1. The molecule has 0 aliphatic heterocycles. The van der Waals surface area contributed by atoms with Crippen LogP contribution in [0.1, 0.15) is 32.2 Å². The molecular weight excluding hydrogens is 342 g/mol. The van der Waals surface area contributed by atoms with Gasteiger partial charge in [-0.1, -0.05) is 6.92 Å². The third-order valence-electron chi connectivity index (χ3n) is 2.79. The summed E-state index contributed by atoms with van der Waals surface area (Å²) in [4.78, 5) is 8.73. The Hall–Kier alpha value is -1.22. The maximum Gasteiger partial charge on any atom is 0.223 e. The van der Waals surface area contributed by atoms with Crippen molar-refractivity contribution < 1.29 is 0 Å². The van der Waals surface area contributed by atoms with Crippen molar-refractivity contribution >= 4 is 33.6 Å². The largest absolute Gasteiger partial charge is 0.354 e. The summed E-state index contributed by atoms with van der Waals surface area (Å²) in [6, 6.07) is 0.450. The van der Waals surface area contributed by atoms with Crippen LogP contribution >= 0.6 is 27.7 Å². The van der Waals surface area contributed by atoms with Crippen LogP contribution < -0.4 is 5.32 Å². The monoisotopic (exact) mass is 355 g/mol. The molecule has 2 aromatic heterocycles. The molecule has 3 rings (SSSR count). The van der Waals surface area contributed by atoms with Crippen molar-refractivity contribution in [3.05, 3.63) is 10.7 Å². The van der Waals surface area contributed by atoms with E-state index in [-0.39, 0.29) is 0 Å². The van der Waals surface area contributed by atoms with Gasteiger partial charge in [-0.3, -0.25) is 0 Å². The molecule has 0 atom stereocenters. The van der Waals surface area contributed by atoms with Gasteiger partial charge in [-0.2, -0.15) is 0 Å². The molecule has 7 nitrogen and oxygen atoms in total.